The summed E-state index contributed by atoms with van der Waals surface area (Å²) in [6.45, 7) is 4.07. The minimum atomic E-state index is -0.607. The molecule has 94 valence electrons. The Hall–Kier alpha value is -0.130. The van der Waals surface area contributed by atoms with Crippen molar-refractivity contribution in [2.75, 3.05) is 0 Å². The minimum Gasteiger partial charge on any atom is -0.389 e. The van der Waals surface area contributed by atoms with E-state index in [9.17, 15) is 5.11 Å². The van der Waals surface area contributed by atoms with Crippen molar-refractivity contribution >= 4 is 22.6 Å². The van der Waals surface area contributed by atoms with Crippen molar-refractivity contribution in [3.05, 3.63) is 33.4 Å². The van der Waals surface area contributed by atoms with Crippen LogP contribution in [-0.4, -0.2) is 22.9 Å². The normalized spacial score (nSPS) is 33.6. The number of rotatable bonds is 2. The van der Waals surface area contributed by atoms with Crippen LogP contribution < -0.4 is 0 Å². The summed E-state index contributed by atoms with van der Waals surface area (Å²) in [4.78, 5) is 0. The van der Waals surface area contributed by atoms with Crippen LogP contribution in [0.25, 0.3) is 0 Å². The van der Waals surface area contributed by atoms with E-state index in [1.54, 1.807) is 0 Å². The summed E-state index contributed by atoms with van der Waals surface area (Å²) in [6.07, 6.45) is 2.47. The lowest BCUT2D eigenvalue weighted by molar-refractivity contribution is -0.130. The standard InChI is InChI=1S/C14H19IO2/c1-10-7-14(16,8-11(2)17-10)9-12-3-5-13(15)6-4-12/h3-6,10-11,16H,7-9H2,1-2H3. The smallest absolute Gasteiger partial charge is 0.0737 e. The quantitative estimate of drug-likeness (QED) is 0.834. The van der Waals surface area contributed by atoms with Crippen LogP contribution in [0.4, 0.5) is 0 Å². The lowest BCUT2D eigenvalue weighted by Crippen LogP contribution is -2.44. The minimum absolute atomic E-state index is 0.146. The van der Waals surface area contributed by atoms with Gasteiger partial charge < -0.3 is 9.84 Å². The molecule has 0 radical (unpaired) electrons. The van der Waals surface area contributed by atoms with E-state index in [1.807, 2.05) is 13.8 Å². The first kappa shape index (κ1) is 13.3. The van der Waals surface area contributed by atoms with Crippen LogP contribution in [-0.2, 0) is 11.2 Å². The van der Waals surface area contributed by atoms with Gasteiger partial charge in [0, 0.05) is 22.8 Å². The average Bonchev–Trinajstić information content (AvgIpc) is 2.19. The third-order valence-corrected chi connectivity index (χ3v) is 3.97. The first-order valence-corrected chi connectivity index (χ1v) is 7.17. The van der Waals surface area contributed by atoms with Gasteiger partial charge in [-0.1, -0.05) is 12.1 Å². The highest BCUT2D eigenvalue weighted by atomic mass is 127. The van der Waals surface area contributed by atoms with Crippen LogP contribution in [0.5, 0.6) is 0 Å². The van der Waals surface area contributed by atoms with Gasteiger partial charge in [0.2, 0.25) is 0 Å². The third kappa shape index (κ3) is 3.66. The number of ether oxygens (including phenoxy) is 1. The van der Waals surface area contributed by atoms with Gasteiger partial charge in [-0.05, 0) is 54.1 Å². The van der Waals surface area contributed by atoms with E-state index in [0.717, 1.165) is 19.3 Å². The Kier molecular flexibility index (Phi) is 4.10. The van der Waals surface area contributed by atoms with E-state index < -0.39 is 5.60 Å². The van der Waals surface area contributed by atoms with Gasteiger partial charge in [-0.25, -0.2) is 0 Å². The van der Waals surface area contributed by atoms with Gasteiger partial charge in [0.25, 0.3) is 0 Å². The molecule has 0 saturated carbocycles. The van der Waals surface area contributed by atoms with Crippen molar-refractivity contribution in [3.8, 4) is 0 Å². The van der Waals surface area contributed by atoms with Gasteiger partial charge in [-0.3, -0.25) is 0 Å². The topological polar surface area (TPSA) is 29.5 Å². The second-order valence-electron chi connectivity index (χ2n) is 5.19. The predicted molar refractivity (Wildman–Crippen MR) is 77.1 cm³/mol. The van der Waals surface area contributed by atoms with Gasteiger partial charge in [-0.2, -0.15) is 0 Å². The van der Waals surface area contributed by atoms with Gasteiger partial charge in [0.05, 0.1) is 17.8 Å². The number of aliphatic hydroxyl groups is 1. The predicted octanol–water partition coefficient (Wildman–Crippen LogP) is 3.15. The molecule has 1 fully saturated rings. The fraction of sp³-hybridized carbons (Fsp3) is 0.571. The van der Waals surface area contributed by atoms with Crippen LogP contribution >= 0.6 is 22.6 Å². The molecular weight excluding hydrogens is 327 g/mol. The van der Waals surface area contributed by atoms with Crippen molar-refractivity contribution in [3.63, 3.8) is 0 Å². The molecule has 2 atom stereocenters. The number of benzene rings is 1. The fourth-order valence-electron chi connectivity index (χ4n) is 2.77. The summed E-state index contributed by atoms with van der Waals surface area (Å²) >= 11 is 2.29. The van der Waals surface area contributed by atoms with Crippen molar-refractivity contribution in [2.45, 2.75) is 50.9 Å². The molecular formula is C14H19IO2. The summed E-state index contributed by atoms with van der Waals surface area (Å²) in [7, 11) is 0. The van der Waals surface area contributed by atoms with Crippen LogP contribution in [0.1, 0.15) is 32.3 Å². The van der Waals surface area contributed by atoms with E-state index in [4.69, 9.17) is 4.74 Å². The van der Waals surface area contributed by atoms with E-state index in [-0.39, 0.29) is 12.2 Å². The summed E-state index contributed by atoms with van der Waals surface area (Å²) in [5, 5.41) is 10.7. The van der Waals surface area contributed by atoms with Gasteiger partial charge in [0.15, 0.2) is 0 Å². The van der Waals surface area contributed by atoms with Gasteiger partial charge in [0.1, 0.15) is 0 Å². The second-order valence-corrected chi connectivity index (χ2v) is 6.44. The molecule has 2 nitrogen and oxygen atoms in total. The van der Waals surface area contributed by atoms with Crippen molar-refractivity contribution < 1.29 is 9.84 Å². The van der Waals surface area contributed by atoms with Crippen molar-refractivity contribution in [1.82, 2.24) is 0 Å². The van der Waals surface area contributed by atoms with Crippen LogP contribution in [0.15, 0.2) is 24.3 Å². The molecule has 1 aliphatic heterocycles. The molecule has 2 unspecified atom stereocenters. The number of hydrogen-bond donors (Lipinski definition) is 1. The highest BCUT2D eigenvalue weighted by Crippen LogP contribution is 2.31. The second kappa shape index (κ2) is 5.24. The third-order valence-electron chi connectivity index (χ3n) is 3.25. The Morgan fingerprint density at radius 1 is 1.24 bits per heavy atom. The molecule has 0 amide bonds. The van der Waals surface area contributed by atoms with Crippen LogP contribution in [0.2, 0.25) is 0 Å². The van der Waals surface area contributed by atoms with E-state index in [2.05, 4.69) is 46.9 Å². The molecule has 1 heterocycles. The molecule has 1 saturated heterocycles. The molecule has 0 aromatic heterocycles. The Balaban J connectivity index is 2.08. The Labute approximate surface area is 117 Å². The van der Waals surface area contributed by atoms with Crippen molar-refractivity contribution in [1.29, 1.82) is 0 Å². The van der Waals surface area contributed by atoms with Crippen molar-refractivity contribution in [2.24, 2.45) is 0 Å². The lowest BCUT2D eigenvalue weighted by atomic mass is 9.82. The number of halogens is 1. The average molecular weight is 346 g/mol. The highest BCUT2D eigenvalue weighted by Gasteiger charge is 2.36. The Morgan fingerprint density at radius 2 is 1.76 bits per heavy atom. The summed E-state index contributed by atoms with van der Waals surface area (Å²) in [5.41, 5.74) is 0.596. The molecule has 1 N–H and O–H groups in total. The molecule has 1 aromatic rings. The van der Waals surface area contributed by atoms with Crippen LogP contribution in [0.3, 0.4) is 0 Å². The van der Waals surface area contributed by atoms with E-state index >= 15 is 0 Å². The summed E-state index contributed by atoms with van der Waals surface area (Å²) < 4.78 is 6.91. The largest absolute Gasteiger partial charge is 0.389 e. The molecule has 0 bridgehead atoms. The summed E-state index contributed by atoms with van der Waals surface area (Å²) in [6, 6.07) is 8.38. The molecule has 17 heavy (non-hydrogen) atoms. The Bertz CT molecular complexity index is 364. The molecule has 2 rings (SSSR count). The monoisotopic (exact) mass is 346 g/mol. The zero-order valence-electron chi connectivity index (χ0n) is 10.3. The molecule has 0 spiro atoms. The number of hydrogen-bond acceptors (Lipinski definition) is 2. The first-order valence-electron chi connectivity index (χ1n) is 6.09. The van der Waals surface area contributed by atoms with Crippen LogP contribution in [0, 0.1) is 3.57 Å². The zero-order chi connectivity index (χ0) is 12.5. The lowest BCUT2D eigenvalue weighted by Gasteiger charge is -2.39. The zero-order valence-corrected chi connectivity index (χ0v) is 12.5. The molecule has 0 aliphatic carbocycles. The summed E-state index contributed by atoms with van der Waals surface area (Å²) in [5.74, 6) is 0. The Morgan fingerprint density at radius 3 is 2.29 bits per heavy atom. The first-order chi connectivity index (χ1) is 7.97. The molecule has 3 heteroatoms. The molecule has 1 aromatic carbocycles. The maximum Gasteiger partial charge on any atom is 0.0737 e. The van der Waals surface area contributed by atoms with Gasteiger partial charge >= 0.3 is 0 Å². The maximum atomic E-state index is 10.7. The maximum absolute atomic E-state index is 10.7. The SMILES string of the molecule is CC1CC(O)(Cc2ccc(I)cc2)CC(C)O1. The molecule has 1 aliphatic rings. The van der Waals surface area contributed by atoms with E-state index in [0.29, 0.717) is 0 Å². The highest BCUT2D eigenvalue weighted by molar-refractivity contribution is 14.1. The van der Waals surface area contributed by atoms with E-state index in [1.165, 1.54) is 9.13 Å². The fourth-order valence-corrected chi connectivity index (χ4v) is 3.13. The van der Waals surface area contributed by atoms with Gasteiger partial charge in [-0.15, -0.1) is 0 Å².